The average Bonchev–Trinajstić information content (AvgIpc) is 3.47. The second-order valence-corrected chi connectivity index (χ2v) is 8.46. The molecule has 176 valence electrons. The van der Waals surface area contributed by atoms with Crippen LogP contribution in [0.4, 0.5) is 20.4 Å². The molecule has 0 bridgehead atoms. The summed E-state index contributed by atoms with van der Waals surface area (Å²) < 4.78 is 29.9. The van der Waals surface area contributed by atoms with Gasteiger partial charge in [0, 0.05) is 31.9 Å². The lowest BCUT2D eigenvalue weighted by Crippen LogP contribution is -2.33. The van der Waals surface area contributed by atoms with Crippen LogP contribution in [0, 0.1) is 0 Å². The number of carbonyl (C=O) groups excluding carboxylic acids is 1. The molecule has 0 aliphatic carbocycles. The van der Waals surface area contributed by atoms with Crippen LogP contribution < -0.4 is 11.1 Å². The maximum atomic E-state index is 13.5. The number of fused-ring (bicyclic) bond motifs is 2. The van der Waals surface area contributed by atoms with Gasteiger partial charge in [0.05, 0.1) is 10.9 Å². The van der Waals surface area contributed by atoms with E-state index in [0.717, 1.165) is 6.92 Å². The first kappa shape index (κ1) is 21.8. The molecule has 0 saturated heterocycles. The summed E-state index contributed by atoms with van der Waals surface area (Å²) in [6, 6.07) is 3.46. The first-order chi connectivity index (χ1) is 16.1. The maximum absolute atomic E-state index is 13.5. The third-order valence-electron chi connectivity index (χ3n) is 5.98. The molecule has 1 amide bonds. The molecular formula is C21H22F2N10O. The zero-order chi connectivity index (χ0) is 24.3. The van der Waals surface area contributed by atoms with Gasteiger partial charge in [-0.1, -0.05) is 5.21 Å². The van der Waals surface area contributed by atoms with E-state index in [4.69, 9.17) is 5.73 Å². The standard InChI is InChI=1S/C21H22F2N10O/c1-4-32-10-12(29-31-32)21(3)13-15(24)26-17(27-16(13)28-19(21)34)14-11-6-5-8-25-18(11)33(30-14)9-7-20(2,22)23/h5-6,8,10H,4,7,9H2,1-3H3,(H3,24,26,27,28,34). The number of aryl methyl sites for hydroxylation is 2. The molecule has 0 fully saturated rings. The number of hydrogen-bond donors (Lipinski definition) is 2. The van der Waals surface area contributed by atoms with Crippen LogP contribution in [0.3, 0.4) is 0 Å². The molecule has 13 heteroatoms. The van der Waals surface area contributed by atoms with Gasteiger partial charge in [0.1, 0.15) is 28.4 Å². The molecule has 1 aliphatic heterocycles. The highest BCUT2D eigenvalue weighted by atomic mass is 19.3. The summed E-state index contributed by atoms with van der Waals surface area (Å²) in [7, 11) is 0. The van der Waals surface area contributed by atoms with Crippen molar-refractivity contribution in [2.45, 2.75) is 51.6 Å². The van der Waals surface area contributed by atoms with Gasteiger partial charge in [0.15, 0.2) is 11.5 Å². The Morgan fingerprint density at radius 3 is 2.79 bits per heavy atom. The van der Waals surface area contributed by atoms with Gasteiger partial charge in [-0.15, -0.1) is 5.10 Å². The molecule has 0 saturated carbocycles. The van der Waals surface area contributed by atoms with Crippen molar-refractivity contribution in [2.75, 3.05) is 11.1 Å². The van der Waals surface area contributed by atoms with E-state index in [1.54, 1.807) is 36.1 Å². The van der Waals surface area contributed by atoms with Gasteiger partial charge in [0.25, 0.3) is 0 Å². The Labute approximate surface area is 192 Å². The van der Waals surface area contributed by atoms with Crippen LogP contribution in [0.1, 0.15) is 38.4 Å². The van der Waals surface area contributed by atoms with Crippen LogP contribution >= 0.6 is 0 Å². The van der Waals surface area contributed by atoms with Crippen LogP contribution in [0.15, 0.2) is 24.5 Å². The highest BCUT2D eigenvalue weighted by molar-refractivity contribution is 6.09. The highest BCUT2D eigenvalue weighted by Gasteiger charge is 2.49. The topological polar surface area (TPSA) is 142 Å². The number of nitrogens with two attached hydrogens (primary N) is 1. The van der Waals surface area contributed by atoms with Crippen molar-refractivity contribution < 1.29 is 13.6 Å². The Morgan fingerprint density at radius 1 is 1.29 bits per heavy atom. The van der Waals surface area contributed by atoms with Crippen molar-refractivity contribution in [1.29, 1.82) is 0 Å². The minimum Gasteiger partial charge on any atom is -0.383 e. The smallest absolute Gasteiger partial charge is 0.247 e. The number of pyridine rings is 1. The molecule has 0 radical (unpaired) electrons. The van der Waals surface area contributed by atoms with Crippen LogP contribution in [0.2, 0.25) is 0 Å². The molecule has 5 heterocycles. The minimum absolute atomic E-state index is 0.0423. The number of hydrogen-bond acceptors (Lipinski definition) is 8. The Kier molecular flexibility index (Phi) is 4.81. The Morgan fingerprint density at radius 2 is 2.09 bits per heavy atom. The summed E-state index contributed by atoms with van der Waals surface area (Å²) in [6.07, 6.45) is 2.84. The predicted molar refractivity (Wildman–Crippen MR) is 119 cm³/mol. The van der Waals surface area contributed by atoms with Crippen molar-refractivity contribution in [3.63, 3.8) is 0 Å². The normalized spacial score (nSPS) is 17.9. The number of alkyl halides is 2. The number of halogens is 2. The van der Waals surface area contributed by atoms with Crippen molar-refractivity contribution in [3.05, 3.63) is 35.8 Å². The van der Waals surface area contributed by atoms with Crippen molar-refractivity contribution >= 4 is 28.6 Å². The minimum atomic E-state index is -2.85. The molecule has 0 spiro atoms. The lowest BCUT2D eigenvalue weighted by molar-refractivity contribution is -0.119. The number of nitrogen functional groups attached to an aromatic ring is 1. The molecule has 1 atom stereocenters. The van der Waals surface area contributed by atoms with Gasteiger partial charge >= 0.3 is 0 Å². The molecule has 1 unspecified atom stereocenters. The lowest BCUT2D eigenvalue weighted by atomic mass is 9.81. The lowest BCUT2D eigenvalue weighted by Gasteiger charge is -2.19. The molecular weight excluding hydrogens is 446 g/mol. The molecule has 3 N–H and O–H groups in total. The van der Waals surface area contributed by atoms with Gasteiger partial charge in [0.2, 0.25) is 11.8 Å². The van der Waals surface area contributed by atoms with Crippen LogP contribution in [-0.2, 0) is 23.3 Å². The number of anilines is 2. The fraction of sp³-hybridized carbons (Fsp3) is 0.381. The molecule has 34 heavy (non-hydrogen) atoms. The number of rotatable bonds is 6. The van der Waals surface area contributed by atoms with Crippen molar-refractivity contribution in [2.24, 2.45) is 0 Å². The summed E-state index contributed by atoms with van der Waals surface area (Å²) >= 11 is 0. The molecule has 0 aromatic carbocycles. The summed E-state index contributed by atoms with van der Waals surface area (Å²) in [4.78, 5) is 26.3. The van der Waals surface area contributed by atoms with Crippen LogP contribution in [-0.4, -0.2) is 51.6 Å². The Balaban J connectivity index is 1.61. The van der Waals surface area contributed by atoms with Crippen LogP contribution in [0.5, 0.6) is 0 Å². The van der Waals surface area contributed by atoms with E-state index in [2.05, 4.69) is 35.7 Å². The van der Waals surface area contributed by atoms with Gasteiger partial charge < -0.3 is 11.1 Å². The van der Waals surface area contributed by atoms with E-state index < -0.39 is 17.8 Å². The largest absolute Gasteiger partial charge is 0.383 e. The van der Waals surface area contributed by atoms with Crippen molar-refractivity contribution in [1.82, 2.24) is 39.7 Å². The van der Waals surface area contributed by atoms with E-state index in [1.807, 2.05) is 6.92 Å². The quantitative estimate of drug-likeness (QED) is 0.439. The number of carbonyl (C=O) groups is 1. The van der Waals surface area contributed by atoms with E-state index in [-0.39, 0.29) is 29.9 Å². The second-order valence-electron chi connectivity index (χ2n) is 8.46. The van der Waals surface area contributed by atoms with Gasteiger partial charge in [-0.05, 0) is 32.9 Å². The molecule has 1 aliphatic rings. The van der Waals surface area contributed by atoms with Gasteiger partial charge in [-0.2, -0.15) is 5.10 Å². The van der Waals surface area contributed by atoms with Crippen LogP contribution in [0.25, 0.3) is 22.6 Å². The number of aromatic nitrogens is 8. The van der Waals surface area contributed by atoms with Gasteiger partial charge in [-0.25, -0.2) is 28.4 Å². The third-order valence-corrected chi connectivity index (χ3v) is 5.98. The summed E-state index contributed by atoms with van der Waals surface area (Å²) in [6.45, 7) is 5.01. The average molecular weight is 468 g/mol. The summed E-state index contributed by atoms with van der Waals surface area (Å²) in [5.74, 6) is -2.73. The van der Waals surface area contributed by atoms with Gasteiger partial charge in [-0.3, -0.25) is 9.48 Å². The third kappa shape index (κ3) is 3.35. The summed E-state index contributed by atoms with van der Waals surface area (Å²) in [5.41, 5.74) is 6.70. The highest BCUT2D eigenvalue weighted by Crippen LogP contribution is 2.44. The number of nitrogens with one attached hydrogen (secondary N) is 1. The monoisotopic (exact) mass is 468 g/mol. The molecule has 11 nitrogen and oxygen atoms in total. The first-order valence-corrected chi connectivity index (χ1v) is 10.7. The fourth-order valence-electron chi connectivity index (χ4n) is 4.07. The number of nitrogens with zero attached hydrogens (tertiary/aromatic N) is 8. The summed E-state index contributed by atoms with van der Waals surface area (Å²) in [5, 5.41) is 16.0. The zero-order valence-corrected chi connectivity index (χ0v) is 18.7. The van der Waals surface area contributed by atoms with Crippen molar-refractivity contribution in [3.8, 4) is 11.5 Å². The fourth-order valence-corrected chi connectivity index (χ4v) is 4.07. The SMILES string of the molecule is CCn1cc(C2(C)C(=O)Nc3nc(-c4nn(CCC(C)(F)F)c5ncccc45)nc(N)c32)nn1. The Bertz CT molecular complexity index is 1420. The van der Waals surface area contributed by atoms with E-state index in [1.165, 1.54) is 4.68 Å². The first-order valence-electron chi connectivity index (χ1n) is 10.7. The zero-order valence-electron chi connectivity index (χ0n) is 18.7. The molecule has 5 rings (SSSR count). The van der Waals surface area contributed by atoms with E-state index >= 15 is 0 Å². The van der Waals surface area contributed by atoms with E-state index in [9.17, 15) is 13.6 Å². The number of amides is 1. The maximum Gasteiger partial charge on any atom is 0.247 e. The predicted octanol–water partition coefficient (Wildman–Crippen LogP) is 2.39. The second kappa shape index (κ2) is 7.50. The molecule has 4 aromatic rings. The van der Waals surface area contributed by atoms with E-state index in [0.29, 0.717) is 34.5 Å². The molecule has 4 aromatic heterocycles. The Hall–Kier alpha value is -4.03.